The molecule has 110 valence electrons. The number of nitrogens with zero attached hydrogens (tertiary/aromatic N) is 2. The third-order valence-corrected chi connectivity index (χ3v) is 5.36. The molecule has 0 radical (unpaired) electrons. The minimum atomic E-state index is -0.532. The van der Waals surface area contributed by atoms with Crippen LogP contribution in [0.2, 0.25) is 0 Å². The van der Waals surface area contributed by atoms with E-state index in [4.69, 9.17) is 4.74 Å². The number of aromatic nitrogens is 2. The van der Waals surface area contributed by atoms with E-state index in [1.807, 2.05) is 11.8 Å². The van der Waals surface area contributed by atoms with Gasteiger partial charge >= 0.3 is 0 Å². The molecule has 0 aromatic carbocycles. The van der Waals surface area contributed by atoms with Gasteiger partial charge in [-0.2, -0.15) is 16.1 Å². The first kappa shape index (κ1) is 16.7. The van der Waals surface area contributed by atoms with E-state index in [0.29, 0.717) is 12.4 Å². The quantitative estimate of drug-likeness (QED) is 0.687. The van der Waals surface area contributed by atoms with Gasteiger partial charge in [-0.25, -0.2) is 0 Å². The molecule has 2 N–H and O–H groups in total. The van der Waals surface area contributed by atoms with Crippen LogP contribution in [0.15, 0.2) is 6.20 Å². The highest BCUT2D eigenvalue weighted by atomic mass is 32.2. The zero-order valence-corrected chi connectivity index (χ0v) is 13.4. The van der Waals surface area contributed by atoms with E-state index in [1.165, 1.54) is 0 Å². The van der Waals surface area contributed by atoms with Crippen molar-refractivity contribution < 1.29 is 9.84 Å². The van der Waals surface area contributed by atoms with Gasteiger partial charge < -0.3 is 15.2 Å². The van der Waals surface area contributed by atoms with Crippen LogP contribution in [0.5, 0.6) is 5.88 Å². The summed E-state index contributed by atoms with van der Waals surface area (Å²) in [6, 6.07) is 0. The summed E-state index contributed by atoms with van der Waals surface area (Å²) in [6.45, 7) is 6.08. The summed E-state index contributed by atoms with van der Waals surface area (Å²) in [5.74, 6) is 0.477. The number of thioether (sulfide) groups is 1. The van der Waals surface area contributed by atoms with Gasteiger partial charge in [-0.05, 0) is 19.1 Å². The van der Waals surface area contributed by atoms with Gasteiger partial charge in [-0.15, -0.1) is 4.37 Å². The molecule has 7 heteroatoms. The number of nitrogens with one attached hydrogen (secondary N) is 1. The number of ether oxygens (including phenoxy) is 1. The van der Waals surface area contributed by atoms with E-state index >= 15 is 0 Å². The Bertz CT molecular complexity index is 323. The first-order chi connectivity index (χ1) is 9.15. The van der Waals surface area contributed by atoms with Crippen molar-refractivity contribution in [2.24, 2.45) is 0 Å². The van der Waals surface area contributed by atoms with Gasteiger partial charge in [0.15, 0.2) is 0 Å². The first-order valence-electron chi connectivity index (χ1n) is 6.50. The maximum absolute atomic E-state index is 9.82. The molecule has 19 heavy (non-hydrogen) atoms. The molecule has 1 rings (SSSR count). The standard InChI is InChI=1S/C12H23N3O2S2/c1-4-12(5-2,18-3)9-13-6-10(16)8-17-11-7-14-19-15-11/h7,10,13,16H,4-6,8-9H2,1-3H3. The zero-order chi connectivity index (χ0) is 14.1. The van der Waals surface area contributed by atoms with Gasteiger partial charge in [0.05, 0.1) is 11.7 Å². The lowest BCUT2D eigenvalue weighted by Gasteiger charge is -2.30. The van der Waals surface area contributed by atoms with Crippen LogP contribution in [0.3, 0.4) is 0 Å². The molecule has 0 amide bonds. The molecule has 0 bridgehead atoms. The van der Waals surface area contributed by atoms with Crippen molar-refractivity contribution in [2.75, 3.05) is 26.0 Å². The van der Waals surface area contributed by atoms with E-state index in [-0.39, 0.29) is 11.4 Å². The Kier molecular flexibility index (Phi) is 7.67. The monoisotopic (exact) mass is 305 g/mol. The SMILES string of the molecule is CCC(CC)(CNCC(O)COc1cnsn1)SC. The van der Waals surface area contributed by atoms with Crippen molar-refractivity contribution in [3.63, 3.8) is 0 Å². The lowest BCUT2D eigenvalue weighted by Crippen LogP contribution is -2.41. The highest BCUT2D eigenvalue weighted by molar-refractivity contribution is 8.00. The van der Waals surface area contributed by atoms with Gasteiger partial charge in [0, 0.05) is 17.8 Å². The molecule has 0 aliphatic carbocycles. The van der Waals surface area contributed by atoms with Crippen molar-refractivity contribution in [3.8, 4) is 5.88 Å². The molecule has 0 saturated heterocycles. The Morgan fingerprint density at radius 1 is 1.53 bits per heavy atom. The van der Waals surface area contributed by atoms with Crippen molar-refractivity contribution in [2.45, 2.75) is 37.5 Å². The molecule has 1 aromatic rings. The van der Waals surface area contributed by atoms with Crippen molar-refractivity contribution in [1.29, 1.82) is 0 Å². The van der Waals surface area contributed by atoms with Crippen LogP contribution < -0.4 is 10.1 Å². The molecular weight excluding hydrogens is 282 g/mol. The summed E-state index contributed by atoms with van der Waals surface area (Å²) in [5, 5.41) is 13.1. The summed E-state index contributed by atoms with van der Waals surface area (Å²) < 4.78 is 13.3. The third kappa shape index (κ3) is 5.64. The van der Waals surface area contributed by atoms with Crippen LogP contribution in [0, 0.1) is 0 Å². The van der Waals surface area contributed by atoms with Gasteiger partial charge in [0.25, 0.3) is 0 Å². The summed E-state index contributed by atoms with van der Waals surface area (Å²) in [7, 11) is 0. The van der Waals surface area contributed by atoms with Crippen LogP contribution in [0.1, 0.15) is 26.7 Å². The van der Waals surface area contributed by atoms with Gasteiger partial charge in [0.1, 0.15) is 18.9 Å². The molecule has 0 fully saturated rings. The molecule has 0 spiro atoms. The molecular formula is C12H23N3O2S2. The molecule has 5 nitrogen and oxygen atoms in total. The maximum atomic E-state index is 9.82. The Hall–Kier alpha value is -0.370. The predicted molar refractivity (Wildman–Crippen MR) is 81.1 cm³/mol. The normalized spacial score (nSPS) is 13.5. The van der Waals surface area contributed by atoms with Gasteiger partial charge in [-0.3, -0.25) is 0 Å². The highest BCUT2D eigenvalue weighted by Crippen LogP contribution is 2.29. The maximum Gasteiger partial charge on any atom is 0.245 e. The number of aliphatic hydroxyl groups excluding tert-OH is 1. The second-order valence-corrected chi connectivity index (χ2v) is 6.27. The van der Waals surface area contributed by atoms with E-state index in [2.05, 4.69) is 34.2 Å². The Balaban J connectivity index is 2.20. The smallest absolute Gasteiger partial charge is 0.245 e. The molecule has 0 aliphatic rings. The van der Waals surface area contributed by atoms with Crippen LogP contribution in [-0.4, -0.2) is 50.7 Å². The van der Waals surface area contributed by atoms with E-state index in [1.54, 1.807) is 6.20 Å². The third-order valence-electron chi connectivity index (χ3n) is 3.31. The number of hydrogen-bond acceptors (Lipinski definition) is 7. The van der Waals surface area contributed by atoms with Crippen molar-refractivity contribution in [1.82, 2.24) is 14.1 Å². The Morgan fingerprint density at radius 2 is 2.26 bits per heavy atom. The zero-order valence-electron chi connectivity index (χ0n) is 11.8. The van der Waals surface area contributed by atoms with Crippen molar-refractivity contribution in [3.05, 3.63) is 6.20 Å². The fraction of sp³-hybridized carbons (Fsp3) is 0.833. The fourth-order valence-electron chi connectivity index (χ4n) is 1.79. The minimum Gasteiger partial charge on any atom is -0.473 e. The number of aliphatic hydroxyl groups is 1. The number of hydrogen-bond donors (Lipinski definition) is 2. The van der Waals surface area contributed by atoms with Crippen LogP contribution in [0.25, 0.3) is 0 Å². The fourth-order valence-corrected chi connectivity index (χ4v) is 2.98. The summed E-state index contributed by atoms with van der Waals surface area (Å²) in [4.78, 5) is 0. The summed E-state index contributed by atoms with van der Waals surface area (Å²) in [6.07, 6.45) is 5.40. The summed E-state index contributed by atoms with van der Waals surface area (Å²) in [5.41, 5.74) is 0. The average Bonchev–Trinajstić information content (AvgIpc) is 2.95. The topological polar surface area (TPSA) is 67.3 Å². The van der Waals surface area contributed by atoms with Crippen molar-refractivity contribution >= 4 is 23.5 Å². The summed E-state index contributed by atoms with van der Waals surface area (Å²) >= 11 is 2.98. The second kappa shape index (κ2) is 8.73. The molecule has 0 aliphatic heterocycles. The van der Waals surface area contributed by atoms with E-state index in [9.17, 15) is 5.11 Å². The Morgan fingerprint density at radius 3 is 2.79 bits per heavy atom. The molecule has 1 heterocycles. The van der Waals surface area contributed by atoms with Crippen LogP contribution in [-0.2, 0) is 0 Å². The largest absolute Gasteiger partial charge is 0.473 e. The molecule has 0 saturated carbocycles. The van der Waals surface area contributed by atoms with Crippen LogP contribution in [0.4, 0.5) is 0 Å². The lowest BCUT2D eigenvalue weighted by molar-refractivity contribution is 0.104. The number of rotatable bonds is 10. The molecule has 1 atom stereocenters. The van der Waals surface area contributed by atoms with Gasteiger partial charge in [0.2, 0.25) is 5.88 Å². The lowest BCUT2D eigenvalue weighted by atomic mass is 10.0. The van der Waals surface area contributed by atoms with E-state index in [0.717, 1.165) is 31.1 Å². The van der Waals surface area contributed by atoms with Crippen LogP contribution >= 0.6 is 23.5 Å². The second-order valence-electron chi connectivity index (χ2n) is 4.44. The molecule has 1 aromatic heterocycles. The predicted octanol–water partition coefficient (Wildman–Crippen LogP) is 1.79. The first-order valence-corrected chi connectivity index (χ1v) is 8.45. The average molecular weight is 305 g/mol. The van der Waals surface area contributed by atoms with E-state index < -0.39 is 6.10 Å². The highest BCUT2D eigenvalue weighted by Gasteiger charge is 2.24. The Labute approximate surface area is 123 Å². The van der Waals surface area contributed by atoms with Gasteiger partial charge in [-0.1, -0.05) is 13.8 Å². The molecule has 1 unspecified atom stereocenters. The minimum absolute atomic E-state index is 0.239.